The number of hydrogen-bond donors (Lipinski definition) is 2. The predicted octanol–water partition coefficient (Wildman–Crippen LogP) is 5.21. The molecule has 2 N–H and O–H groups in total. The lowest BCUT2D eigenvalue weighted by molar-refractivity contribution is -0.117. The number of halogens is 1. The van der Waals surface area contributed by atoms with Gasteiger partial charge in [0.15, 0.2) is 11.5 Å². The van der Waals surface area contributed by atoms with Gasteiger partial charge in [-0.15, -0.1) is 0 Å². The second-order valence-electron chi connectivity index (χ2n) is 8.66. The molecule has 0 unspecified atom stereocenters. The zero-order valence-corrected chi connectivity index (χ0v) is 22.1. The molecule has 1 aliphatic heterocycles. The van der Waals surface area contributed by atoms with E-state index in [2.05, 4.69) is 15.8 Å². The van der Waals surface area contributed by atoms with Crippen molar-refractivity contribution in [1.82, 2.24) is 10.7 Å². The molecule has 10 heteroatoms. The average molecular weight is 568 g/mol. The molecular formula is C31H22ClN3O6. The van der Waals surface area contributed by atoms with E-state index in [-0.39, 0.29) is 12.5 Å². The third-order valence-corrected chi connectivity index (χ3v) is 6.04. The Balaban J connectivity index is 1.26. The summed E-state index contributed by atoms with van der Waals surface area (Å²) in [6, 6.07) is 26.6. The standard InChI is InChI=1S/C31H22ClN3O6/c32-24-11-9-23(10-12-24)31(38)41-25-13-6-20(7-14-25)18-33-35-30(37)26(34-29(36)22-4-2-1-3-5-22)16-21-8-15-27-28(17-21)40-19-39-27/h1-18H,19H2,(H,34,36)(H,35,37)/b26-16+,33-18+. The number of carbonyl (C=O) groups is 3. The average Bonchev–Trinajstić information content (AvgIpc) is 3.46. The number of amides is 2. The monoisotopic (exact) mass is 567 g/mol. The molecule has 5 rings (SSSR count). The van der Waals surface area contributed by atoms with Crippen molar-refractivity contribution in [2.24, 2.45) is 5.10 Å². The highest BCUT2D eigenvalue weighted by Crippen LogP contribution is 2.33. The highest BCUT2D eigenvalue weighted by Gasteiger charge is 2.17. The van der Waals surface area contributed by atoms with Crippen LogP contribution in [0.25, 0.3) is 6.08 Å². The van der Waals surface area contributed by atoms with E-state index in [0.717, 1.165) is 0 Å². The fraction of sp³-hybridized carbons (Fsp3) is 0.0323. The largest absolute Gasteiger partial charge is 0.454 e. The minimum absolute atomic E-state index is 0.0284. The van der Waals surface area contributed by atoms with Crippen molar-refractivity contribution < 1.29 is 28.6 Å². The lowest BCUT2D eigenvalue weighted by Gasteiger charge is -2.09. The summed E-state index contributed by atoms with van der Waals surface area (Å²) in [4.78, 5) is 38.1. The number of esters is 1. The number of nitrogens with zero attached hydrogens (tertiary/aromatic N) is 1. The molecule has 41 heavy (non-hydrogen) atoms. The van der Waals surface area contributed by atoms with Gasteiger partial charge < -0.3 is 19.5 Å². The van der Waals surface area contributed by atoms with Crippen molar-refractivity contribution in [1.29, 1.82) is 0 Å². The Morgan fingerprint density at radius 3 is 2.27 bits per heavy atom. The number of carbonyl (C=O) groups excluding carboxylic acids is 3. The van der Waals surface area contributed by atoms with E-state index in [1.807, 2.05) is 0 Å². The molecule has 204 valence electrons. The molecule has 0 radical (unpaired) electrons. The molecule has 4 aromatic carbocycles. The highest BCUT2D eigenvalue weighted by atomic mass is 35.5. The quantitative estimate of drug-likeness (QED) is 0.0993. The van der Waals surface area contributed by atoms with Crippen LogP contribution in [0.5, 0.6) is 17.2 Å². The highest BCUT2D eigenvalue weighted by molar-refractivity contribution is 6.30. The maximum absolute atomic E-state index is 13.0. The third kappa shape index (κ3) is 7.17. The van der Waals surface area contributed by atoms with Crippen molar-refractivity contribution >= 4 is 41.7 Å². The lowest BCUT2D eigenvalue weighted by Crippen LogP contribution is -2.32. The van der Waals surface area contributed by atoms with Gasteiger partial charge in [-0.25, -0.2) is 10.2 Å². The van der Waals surface area contributed by atoms with E-state index in [4.69, 9.17) is 25.8 Å². The van der Waals surface area contributed by atoms with E-state index in [1.165, 1.54) is 12.3 Å². The van der Waals surface area contributed by atoms with Crippen LogP contribution in [-0.4, -0.2) is 30.8 Å². The van der Waals surface area contributed by atoms with Crippen LogP contribution in [0.1, 0.15) is 31.8 Å². The van der Waals surface area contributed by atoms with Crippen LogP contribution < -0.4 is 25.0 Å². The normalized spacial score (nSPS) is 12.2. The Kier molecular flexibility index (Phi) is 8.37. The molecule has 0 aromatic heterocycles. The van der Waals surface area contributed by atoms with Crippen molar-refractivity contribution in [2.45, 2.75) is 0 Å². The first-order valence-electron chi connectivity index (χ1n) is 12.3. The van der Waals surface area contributed by atoms with Gasteiger partial charge in [0, 0.05) is 10.6 Å². The SMILES string of the molecule is O=C(N/N=C/c1ccc(OC(=O)c2ccc(Cl)cc2)cc1)/C(=C\c1ccc2c(c1)OCO2)NC(=O)c1ccccc1. The molecule has 0 spiro atoms. The summed E-state index contributed by atoms with van der Waals surface area (Å²) in [5.74, 6) is -0.152. The number of fused-ring (bicyclic) bond motifs is 1. The van der Waals surface area contributed by atoms with Gasteiger partial charge in [0.1, 0.15) is 11.4 Å². The van der Waals surface area contributed by atoms with Crippen LogP contribution in [0.2, 0.25) is 5.02 Å². The summed E-state index contributed by atoms with van der Waals surface area (Å²) < 4.78 is 16.1. The van der Waals surface area contributed by atoms with Crippen LogP contribution in [0, 0.1) is 0 Å². The van der Waals surface area contributed by atoms with Gasteiger partial charge in [0.2, 0.25) is 6.79 Å². The molecule has 0 atom stereocenters. The molecule has 0 bridgehead atoms. The zero-order chi connectivity index (χ0) is 28.6. The minimum atomic E-state index is -0.642. The molecule has 1 aliphatic rings. The second-order valence-corrected chi connectivity index (χ2v) is 9.09. The predicted molar refractivity (Wildman–Crippen MR) is 153 cm³/mol. The number of nitrogens with one attached hydrogen (secondary N) is 2. The molecule has 9 nitrogen and oxygen atoms in total. The van der Waals surface area contributed by atoms with E-state index in [0.29, 0.717) is 44.5 Å². The summed E-state index contributed by atoms with van der Waals surface area (Å²) in [7, 11) is 0. The molecule has 0 fully saturated rings. The Labute approximate surface area is 240 Å². The summed E-state index contributed by atoms with van der Waals surface area (Å²) >= 11 is 5.85. The number of hydrazone groups is 1. The summed E-state index contributed by atoms with van der Waals surface area (Å²) in [5.41, 5.74) is 4.40. The molecule has 1 heterocycles. The Morgan fingerprint density at radius 2 is 1.51 bits per heavy atom. The number of benzene rings is 4. The smallest absolute Gasteiger partial charge is 0.343 e. The van der Waals surface area contributed by atoms with Crippen LogP contribution in [0.15, 0.2) is 108 Å². The van der Waals surface area contributed by atoms with Crippen molar-refractivity contribution in [2.75, 3.05) is 6.79 Å². The van der Waals surface area contributed by atoms with Crippen LogP contribution >= 0.6 is 11.6 Å². The molecular weight excluding hydrogens is 546 g/mol. The molecule has 0 saturated heterocycles. The van der Waals surface area contributed by atoms with E-state index < -0.39 is 17.8 Å². The van der Waals surface area contributed by atoms with E-state index >= 15 is 0 Å². The Hall–Kier alpha value is -5.41. The molecule has 0 saturated carbocycles. The number of hydrogen-bond acceptors (Lipinski definition) is 7. The minimum Gasteiger partial charge on any atom is -0.454 e. The first kappa shape index (κ1) is 27.2. The van der Waals surface area contributed by atoms with Crippen LogP contribution in [-0.2, 0) is 4.79 Å². The van der Waals surface area contributed by atoms with Gasteiger partial charge >= 0.3 is 5.97 Å². The third-order valence-electron chi connectivity index (χ3n) is 5.79. The molecule has 4 aromatic rings. The topological polar surface area (TPSA) is 115 Å². The summed E-state index contributed by atoms with van der Waals surface area (Å²) in [6.07, 6.45) is 2.93. The second kappa shape index (κ2) is 12.6. The molecule has 0 aliphatic carbocycles. The van der Waals surface area contributed by atoms with E-state index in [1.54, 1.807) is 97.1 Å². The first-order valence-corrected chi connectivity index (χ1v) is 12.7. The summed E-state index contributed by atoms with van der Waals surface area (Å²) in [5, 5.41) is 7.18. The lowest BCUT2D eigenvalue weighted by atomic mass is 10.1. The summed E-state index contributed by atoms with van der Waals surface area (Å²) in [6.45, 7) is 0.112. The van der Waals surface area contributed by atoms with Crippen molar-refractivity contribution in [3.63, 3.8) is 0 Å². The van der Waals surface area contributed by atoms with Gasteiger partial charge in [-0.05, 0) is 90.0 Å². The van der Waals surface area contributed by atoms with Gasteiger partial charge in [-0.2, -0.15) is 5.10 Å². The number of rotatable bonds is 8. The maximum Gasteiger partial charge on any atom is 0.343 e. The maximum atomic E-state index is 13.0. The van der Waals surface area contributed by atoms with E-state index in [9.17, 15) is 14.4 Å². The van der Waals surface area contributed by atoms with Crippen molar-refractivity contribution in [3.8, 4) is 17.2 Å². The van der Waals surface area contributed by atoms with Gasteiger partial charge in [0.05, 0.1) is 11.8 Å². The fourth-order valence-electron chi connectivity index (χ4n) is 3.71. The molecule has 2 amide bonds. The fourth-order valence-corrected chi connectivity index (χ4v) is 3.84. The van der Waals surface area contributed by atoms with Crippen LogP contribution in [0.4, 0.5) is 0 Å². The van der Waals surface area contributed by atoms with Crippen LogP contribution in [0.3, 0.4) is 0 Å². The number of ether oxygens (including phenoxy) is 3. The van der Waals surface area contributed by atoms with Gasteiger partial charge in [0.25, 0.3) is 11.8 Å². The Bertz CT molecular complexity index is 1640. The Morgan fingerprint density at radius 1 is 0.805 bits per heavy atom. The zero-order valence-electron chi connectivity index (χ0n) is 21.4. The van der Waals surface area contributed by atoms with Crippen molar-refractivity contribution in [3.05, 3.63) is 130 Å². The van der Waals surface area contributed by atoms with Gasteiger partial charge in [-0.1, -0.05) is 35.9 Å². The van der Waals surface area contributed by atoms with Gasteiger partial charge in [-0.3, -0.25) is 9.59 Å². The first-order chi connectivity index (χ1) is 19.9.